The topological polar surface area (TPSA) is 56.7 Å². The number of halogens is 2. The Morgan fingerprint density at radius 1 is 1.55 bits per heavy atom. The molecule has 6 heteroatoms. The lowest BCUT2D eigenvalue weighted by atomic mass is 10.4. The highest BCUT2D eigenvalue weighted by Gasteiger charge is 1.95. The molecule has 0 unspecified atom stereocenters. The fourth-order valence-corrected chi connectivity index (χ4v) is 0.663. The van der Waals surface area contributed by atoms with Gasteiger partial charge in [-0.2, -0.15) is 0 Å². The molecule has 4 nitrogen and oxygen atoms in total. The predicted octanol–water partition coefficient (Wildman–Crippen LogP) is 0.160. The summed E-state index contributed by atoms with van der Waals surface area (Å²) in [5, 5.41) is 7.54. The fraction of sp³-hybridized carbons (Fsp3) is 0.600. The maximum absolute atomic E-state index is 5.31. The number of hydrogen-bond acceptors (Lipinski definition) is 3. The molecule has 0 fully saturated rings. The van der Waals surface area contributed by atoms with Gasteiger partial charge in [0.15, 0.2) is 0 Å². The Balaban J connectivity index is 0. The lowest BCUT2D eigenvalue weighted by molar-refractivity contribution is 0.776. The van der Waals surface area contributed by atoms with Crippen molar-refractivity contribution in [1.29, 1.82) is 0 Å². The molecule has 1 aromatic rings. The van der Waals surface area contributed by atoms with Crippen molar-refractivity contribution in [3.05, 3.63) is 12.2 Å². The summed E-state index contributed by atoms with van der Waals surface area (Å²) in [5.74, 6) is 0.942. The second-order valence-corrected chi connectivity index (χ2v) is 1.90. The zero-order valence-electron chi connectivity index (χ0n) is 6.23. The minimum Gasteiger partial charge on any atom is -0.330 e. The molecule has 2 N–H and O–H groups in total. The van der Waals surface area contributed by atoms with Gasteiger partial charge in [-0.3, -0.25) is 0 Å². The van der Waals surface area contributed by atoms with Crippen molar-refractivity contribution in [2.24, 2.45) is 12.8 Å². The molecule has 0 aliphatic heterocycles. The van der Waals surface area contributed by atoms with E-state index in [1.165, 1.54) is 0 Å². The standard InChI is InChI=1S/C5H10N4.2ClH/c1-9-4-7-8-5(9)2-3-6;;/h4H,2-3,6H2,1H3;2*1H. The highest BCUT2D eigenvalue weighted by molar-refractivity contribution is 5.85. The summed E-state index contributed by atoms with van der Waals surface area (Å²) in [4.78, 5) is 0. The van der Waals surface area contributed by atoms with Crippen LogP contribution in [0.3, 0.4) is 0 Å². The van der Waals surface area contributed by atoms with Crippen LogP contribution in [0.15, 0.2) is 6.33 Å². The Hall–Kier alpha value is -0.320. The molecule has 0 amide bonds. The first kappa shape index (κ1) is 13.3. The molecule has 1 heterocycles. The molecule has 0 aliphatic rings. The van der Waals surface area contributed by atoms with E-state index in [0.29, 0.717) is 6.54 Å². The van der Waals surface area contributed by atoms with E-state index in [4.69, 9.17) is 5.73 Å². The van der Waals surface area contributed by atoms with Crippen LogP contribution in [-0.2, 0) is 13.5 Å². The number of aryl methyl sites for hydroxylation is 1. The zero-order chi connectivity index (χ0) is 6.69. The number of nitrogens with zero attached hydrogens (tertiary/aromatic N) is 3. The molecule has 0 saturated carbocycles. The van der Waals surface area contributed by atoms with Gasteiger partial charge in [-0.1, -0.05) is 0 Å². The summed E-state index contributed by atoms with van der Waals surface area (Å²) in [7, 11) is 1.91. The van der Waals surface area contributed by atoms with E-state index >= 15 is 0 Å². The number of nitrogens with two attached hydrogens (primary N) is 1. The quantitative estimate of drug-likeness (QED) is 0.738. The van der Waals surface area contributed by atoms with E-state index in [1.54, 1.807) is 6.33 Å². The summed E-state index contributed by atoms with van der Waals surface area (Å²) < 4.78 is 1.87. The van der Waals surface area contributed by atoms with Crippen LogP contribution in [0.4, 0.5) is 0 Å². The minimum atomic E-state index is 0. The molecule has 0 saturated heterocycles. The van der Waals surface area contributed by atoms with Gasteiger partial charge in [-0.25, -0.2) is 0 Å². The Bertz CT molecular complexity index is 188. The molecule has 0 aromatic carbocycles. The second-order valence-electron chi connectivity index (χ2n) is 1.90. The van der Waals surface area contributed by atoms with Gasteiger partial charge in [0.05, 0.1) is 0 Å². The van der Waals surface area contributed by atoms with Crippen LogP contribution >= 0.6 is 24.8 Å². The SMILES string of the molecule is Cl.Cl.Cn1cnnc1CCN. The van der Waals surface area contributed by atoms with Gasteiger partial charge in [0.1, 0.15) is 12.2 Å². The average Bonchev–Trinajstić information content (AvgIpc) is 2.18. The molecular weight excluding hydrogens is 187 g/mol. The molecule has 0 spiro atoms. The lowest BCUT2D eigenvalue weighted by Crippen LogP contribution is -2.07. The van der Waals surface area contributed by atoms with Crippen LogP contribution in [-0.4, -0.2) is 21.3 Å². The van der Waals surface area contributed by atoms with Crippen molar-refractivity contribution in [2.45, 2.75) is 6.42 Å². The Kier molecular flexibility index (Phi) is 7.72. The third kappa shape index (κ3) is 3.55. The van der Waals surface area contributed by atoms with E-state index in [-0.39, 0.29) is 24.8 Å². The van der Waals surface area contributed by atoms with Crippen LogP contribution in [0.1, 0.15) is 5.82 Å². The van der Waals surface area contributed by atoms with Gasteiger partial charge in [-0.15, -0.1) is 35.0 Å². The van der Waals surface area contributed by atoms with Crippen molar-refractivity contribution >= 4 is 24.8 Å². The lowest BCUT2D eigenvalue weighted by Gasteiger charge is -1.93. The van der Waals surface area contributed by atoms with Gasteiger partial charge in [0.2, 0.25) is 0 Å². The third-order valence-corrected chi connectivity index (χ3v) is 1.17. The molecule has 66 valence electrons. The summed E-state index contributed by atoms with van der Waals surface area (Å²) in [5.41, 5.74) is 5.31. The average molecular weight is 199 g/mol. The Labute approximate surface area is 78.0 Å². The van der Waals surface area contributed by atoms with Crippen LogP contribution in [0, 0.1) is 0 Å². The van der Waals surface area contributed by atoms with Gasteiger partial charge in [0.25, 0.3) is 0 Å². The first-order valence-corrected chi connectivity index (χ1v) is 2.87. The van der Waals surface area contributed by atoms with Gasteiger partial charge >= 0.3 is 0 Å². The number of rotatable bonds is 2. The summed E-state index contributed by atoms with van der Waals surface area (Å²) in [6.07, 6.45) is 2.47. The number of aromatic nitrogens is 3. The van der Waals surface area contributed by atoms with Gasteiger partial charge in [-0.05, 0) is 6.54 Å². The monoisotopic (exact) mass is 198 g/mol. The minimum absolute atomic E-state index is 0. The van der Waals surface area contributed by atoms with Gasteiger partial charge in [0, 0.05) is 13.5 Å². The molecule has 0 aliphatic carbocycles. The highest BCUT2D eigenvalue weighted by Crippen LogP contribution is 1.89. The second kappa shape index (κ2) is 6.39. The summed E-state index contributed by atoms with van der Waals surface area (Å²) in [6.45, 7) is 0.631. The first-order valence-electron chi connectivity index (χ1n) is 2.87. The third-order valence-electron chi connectivity index (χ3n) is 1.17. The van der Waals surface area contributed by atoms with Crippen molar-refractivity contribution in [2.75, 3.05) is 6.54 Å². The van der Waals surface area contributed by atoms with Crippen LogP contribution in [0.25, 0.3) is 0 Å². The number of hydrogen-bond donors (Lipinski definition) is 1. The predicted molar refractivity (Wildman–Crippen MR) is 48.3 cm³/mol. The molecule has 1 rings (SSSR count). The maximum atomic E-state index is 5.31. The van der Waals surface area contributed by atoms with Crippen LogP contribution in [0.5, 0.6) is 0 Å². The molecular formula is C5H12Cl2N4. The zero-order valence-corrected chi connectivity index (χ0v) is 7.86. The van der Waals surface area contributed by atoms with E-state index in [0.717, 1.165) is 12.2 Å². The van der Waals surface area contributed by atoms with E-state index in [2.05, 4.69) is 10.2 Å². The molecule has 0 bridgehead atoms. The fourth-order valence-electron chi connectivity index (χ4n) is 0.663. The van der Waals surface area contributed by atoms with Crippen LogP contribution < -0.4 is 5.73 Å². The Morgan fingerprint density at radius 3 is 2.55 bits per heavy atom. The van der Waals surface area contributed by atoms with Crippen LogP contribution in [0.2, 0.25) is 0 Å². The summed E-state index contributed by atoms with van der Waals surface area (Å²) in [6, 6.07) is 0. The smallest absolute Gasteiger partial charge is 0.133 e. The van der Waals surface area contributed by atoms with Crippen molar-refractivity contribution in [3.63, 3.8) is 0 Å². The maximum Gasteiger partial charge on any atom is 0.133 e. The molecule has 0 radical (unpaired) electrons. The van der Waals surface area contributed by atoms with Crippen molar-refractivity contribution < 1.29 is 0 Å². The van der Waals surface area contributed by atoms with Crippen molar-refractivity contribution in [1.82, 2.24) is 14.8 Å². The normalized spacial score (nSPS) is 8.18. The largest absolute Gasteiger partial charge is 0.330 e. The molecule has 0 atom stereocenters. The van der Waals surface area contributed by atoms with E-state index in [1.807, 2.05) is 11.6 Å². The van der Waals surface area contributed by atoms with Crippen molar-refractivity contribution in [3.8, 4) is 0 Å². The molecule has 11 heavy (non-hydrogen) atoms. The highest BCUT2D eigenvalue weighted by atomic mass is 35.5. The van der Waals surface area contributed by atoms with E-state index in [9.17, 15) is 0 Å². The summed E-state index contributed by atoms with van der Waals surface area (Å²) >= 11 is 0. The Morgan fingerprint density at radius 2 is 2.18 bits per heavy atom. The van der Waals surface area contributed by atoms with Gasteiger partial charge < -0.3 is 10.3 Å². The first-order chi connectivity index (χ1) is 4.34. The van der Waals surface area contributed by atoms with E-state index < -0.39 is 0 Å². The molecule has 1 aromatic heterocycles.